The molecule has 1 aliphatic rings. The van der Waals surface area contributed by atoms with Crippen LogP contribution in [0.5, 0.6) is 5.75 Å². The van der Waals surface area contributed by atoms with Gasteiger partial charge >= 0.3 is 5.97 Å². The zero-order valence-electron chi connectivity index (χ0n) is 10.3. The molecule has 0 bridgehead atoms. The van der Waals surface area contributed by atoms with Gasteiger partial charge in [-0.15, -0.1) is 0 Å². The molecule has 1 aromatic rings. The smallest absolute Gasteiger partial charge is 0.341 e. The second-order valence-electron chi connectivity index (χ2n) is 4.26. The first-order valence-corrected chi connectivity index (χ1v) is 5.98. The molecule has 1 unspecified atom stereocenters. The van der Waals surface area contributed by atoms with Crippen LogP contribution in [-0.2, 0) is 14.3 Å². The van der Waals surface area contributed by atoms with Gasteiger partial charge in [0.25, 0.3) is 0 Å². The number of amides is 1. The molecule has 102 valence electrons. The Bertz CT molecular complexity index is 451. The van der Waals surface area contributed by atoms with Gasteiger partial charge in [-0.1, -0.05) is 0 Å². The molecule has 1 heterocycles. The summed E-state index contributed by atoms with van der Waals surface area (Å²) < 4.78 is 10.1. The number of benzene rings is 1. The molecular formula is C13H15NO5. The van der Waals surface area contributed by atoms with Crippen LogP contribution in [-0.4, -0.2) is 36.8 Å². The van der Waals surface area contributed by atoms with Crippen molar-refractivity contribution in [1.82, 2.24) is 0 Å². The van der Waals surface area contributed by atoms with Crippen LogP contribution in [0.15, 0.2) is 24.3 Å². The van der Waals surface area contributed by atoms with Gasteiger partial charge in [0.15, 0.2) is 6.61 Å². The molecule has 1 aromatic carbocycles. The van der Waals surface area contributed by atoms with E-state index in [4.69, 9.17) is 14.6 Å². The van der Waals surface area contributed by atoms with E-state index in [0.29, 0.717) is 24.7 Å². The number of carbonyl (C=O) groups excluding carboxylic acids is 1. The highest BCUT2D eigenvalue weighted by Gasteiger charge is 2.23. The van der Waals surface area contributed by atoms with Gasteiger partial charge in [-0.25, -0.2) is 4.79 Å². The van der Waals surface area contributed by atoms with E-state index in [1.165, 1.54) is 0 Å². The Morgan fingerprint density at radius 1 is 1.37 bits per heavy atom. The van der Waals surface area contributed by atoms with Crippen molar-refractivity contribution in [2.24, 2.45) is 5.92 Å². The van der Waals surface area contributed by atoms with E-state index in [-0.39, 0.29) is 18.4 Å². The van der Waals surface area contributed by atoms with Gasteiger partial charge in [-0.3, -0.25) is 4.79 Å². The lowest BCUT2D eigenvalue weighted by atomic mass is 10.1. The number of aliphatic carboxylic acids is 1. The Labute approximate surface area is 110 Å². The minimum atomic E-state index is -1.03. The van der Waals surface area contributed by atoms with Crippen molar-refractivity contribution in [2.45, 2.75) is 6.42 Å². The van der Waals surface area contributed by atoms with Gasteiger partial charge in [0.05, 0.1) is 12.5 Å². The molecule has 2 rings (SSSR count). The summed E-state index contributed by atoms with van der Waals surface area (Å²) >= 11 is 0. The highest BCUT2D eigenvalue weighted by molar-refractivity contribution is 5.92. The predicted molar refractivity (Wildman–Crippen MR) is 67.1 cm³/mol. The monoisotopic (exact) mass is 265 g/mol. The molecule has 6 nitrogen and oxygen atoms in total. The van der Waals surface area contributed by atoms with E-state index in [0.717, 1.165) is 6.42 Å². The van der Waals surface area contributed by atoms with Crippen molar-refractivity contribution in [2.75, 3.05) is 25.1 Å². The minimum Gasteiger partial charge on any atom is -0.482 e. The fraction of sp³-hybridized carbons (Fsp3) is 0.385. The zero-order chi connectivity index (χ0) is 13.7. The summed E-state index contributed by atoms with van der Waals surface area (Å²) in [6.07, 6.45) is 0.742. The molecule has 1 aliphatic heterocycles. The van der Waals surface area contributed by atoms with Gasteiger partial charge < -0.3 is 19.9 Å². The van der Waals surface area contributed by atoms with E-state index < -0.39 is 5.97 Å². The largest absolute Gasteiger partial charge is 0.482 e. The van der Waals surface area contributed by atoms with Gasteiger partial charge in [0, 0.05) is 12.3 Å². The standard InChI is InChI=1S/C13H15NO5/c15-12(16)8-19-11-3-1-10(2-4-11)14-13(17)9-5-6-18-7-9/h1-4,9H,5-8H2,(H,14,17)(H,15,16). The van der Waals surface area contributed by atoms with Crippen molar-refractivity contribution in [3.05, 3.63) is 24.3 Å². The fourth-order valence-corrected chi connectivity index (χ4v) is 1.77. The zero-order valence-corrected chi connectivity index (χ0v) is 10.3. The van der Waals surface area contributed by atoms with Crippen molar-refractivity contribution >= 4 is 17.6 Å². The lowest BCUT2D eigenvalue weighted by Gasteiger charge is -2.10. The molecule has 2 N–H and O–H groups in total. The van der Waals surface area contributed by atoms with E-state index in [2.05, 4.69) is 5.32 Å². The second kappa shape index (κ2) is 6.19. The summed E-state index contributed by atoms with van der Waals surface area (Å²) in [6.45, 7) is 0.705. The topological polar surface area (TPSA) is 84.9 Å². The van der Waals surface area contributed by atoms with Crippen LogP contribution >= 0.6 is 0 Å². The van der Waals surface area contributed by atoms with Crippen LogP contribution in [0.3, 0.4) is 0 Å². The number of ether oxygens (including phenoxy) is 2. The number of nitrogens with one attached hydrogen (secondary N) is 1. The number of hydrogen-bond acceptors (Lipinski definition) is 4. The van der Waals surface area contributed by atoms with Crippen LogP contribution < -0.4 is 10.1 Å². The maximum absolute atomic E-state index is 11.8. The lowest BCUT2D eigenvalue weighted by Crippen LogP contribution is -2.22. The number of carboxylic acid groups (broad SMARTS) is 1. The first kappa shape index (κ1) is 13.4. The first-order valence-electron chi connectivity index (χ1n) is 5.98. The van der Waals surface area contributed by atoms with Crippen LogP contribution in [0.1, 0.15) is 6.42 Å². The number of rotatable bonds is 5. The number of anilines is 1. The molecular weight excluding hydrogens is 250 g/mol. The third kappa shape index (κ3) is 3.96. The Hall–Kier alpha value is -2.08. The van der Waals surface area contributed by atoms with Crippen LogP contribution in [0.2, 0.25) is 0 Å². The van der Waals surface area contributed by atoms with E-state index in [1.807, 2.05) is 0 Å². The average molecular weight is 265 g/mol. The molecule has 19 heavy (non-hydrogen) atoms. The van der Waals surface area contributed by atoms with Crippen LogP contribution in [0, 0.1) is 5.92 Å². The Morgan fingerprint density at radius 2 is 2.11 bits per heavy atom. The fourth-order valence-electron chi connectivity index (χ4n) is 1.77. The number of carboxylic acids is 1. The summed E-state index contributed by atoms with van der Waals surface area (Å²) in [6, 6.07) is 6.57. The van der Waals surface area contributed by atoms with Crippen molar-refractivity contribution in [3.63, 3.8) is 0 Å². The summed E-state index contributed by atoms with van der Waals surface area (Å²) in [7, 11) is 0. The summed E-state index contributed by atoms with van der Waals surface area (Å²) in [5.41, 5.74) is 0.652. The summed E-state index contributed by atoms with van der Waals surface area (Å²) in [5.74, 6) is -0.733. The molecule has 0 saturated carbocycles. The quantitative estimate of drug-likeness (QED) is 0.833. The van der Waals surface area contributed by atoms with Crippen molar-refractivity contribution in [1.29, 1.82) is 0 Å². The molecule has 1 saturated heterocycles. The van der Waals surface area contributed by atoms with Crippen molar-refractivity contribution < 1.29 is 24.2 Å². The molecule has 0 radical (unpaired) electrons. The third-order valence-electron chi connectivity index (χ3n) is 2.78. The van der Waals surface area contributed by atoms with E-state index >= 15 is 0 Å². The third-order valence-corrected chi connectivity index (χ3v) is 2.78. The molecule has 0 aromatic heterocycles. The predicted octanol–water partition coefficient (Wildman–Crippen LogP) is 1.12. The molecule has 0 spiro atoms. The molecule has 1 atom stereocenters. The summed E-state index contributed by atoms with van der Waals surface area (Å²) in [4.78, 5) is 22.2. The van der Waals surface area contributed by atoms with Gasteiger partial charge in [-0.05, 0) is 30.7 Å². The van der Waals surface area contributed by atoms with Crippen molar-refractivity contribution in [3.8, 4) is 5.75 Å². The SMILES string of the molecule is O=C(O)COc1ccc(NC(=O)C2CCOC2)cc1. The van der Waals surface area contributed by atoms with Crippen LogP contribution in [0.4, 0.5) is 5.69 Å². The van der Waals surface area contributed by atoms with E-state index in [9.17, 15) is 9.59 Å². The van der Waals surface area contributed by atoms with E-state index in [1.54, 1.807) is 24.3 Å². The maximum atomic E-state index is 11.8. The normalized spacial score (nSPS) is 18.0. The molecule has 1 fully saturated rings. The Morgan fingerprint density at radius 3 is 2.68 bits per heavy atom. The molecule has 0 aliphatic carbocycles. The highest BCUT2D eigenvalue weighted by Crippen LogP contribution is 2.18. The first-order chi connectivity index (χ1) is 9.15. The van der Waals surface area contributed by atoms with Crippen LogP contribution in [0.25, 0.3) is 0 Å². The average Bonchev–Trinajstić information content (AvgIpc) is 2.92. The highest BCUT2D eigenvalue weighted by atomic mass is 16.5. The van der Waals surface area contributed by atoms with Gasteiger partial charge in [-0.2, -0.15) is 0 Å². The maximum Gasteiger partial charge on any atom is 0.341 e. The molecule has 6 heteroatoms. The second-order valence-corrected chi connectivity index (χ2v) is 4.26. The number of hydrogen-bond donors (Lipinski definition) is 2. The minimum absolute atomic E-state index is 0.0586. The number of carbonyl (C=O) groups is 2. The molecule has 1 amide bonds. The van der Waals surface area contributed by atoms with Gasteiger partial charge in [0.2, 0.25) is 5.91 Å². The summed E-state index contributed by atoms with van der Waals surface area (Å²) in [5, 5.41) is 11.3. The van der Waals surface area contributed by atoms with Gasteiger partial charge in [0.1, 0.15) is 5.75 Å². The Kier molecular flexibility index (Phi) is 4.35. The Balaban J connectivity index is 1.87. The lowest BCUT2D eigenvalue weighted by molar-refractivity contribution is -0.139.